The van der Waals surface area contributed by atoms with Crippen molar-refractivity contribution in [1.29, 1.82) is 0 Å². The number of halogens is 26. The van der Waals surface area contributed by atoms with Crippen LogP contribution in [0.4, 0.5) is 114 Å². The minimum absolute atomic E-state index is 0.125. The molecule has 0 bridgehead atoms. The van der Waals surface area contributed by atoms with Gasteiger partial charge in [0.2, 0.25) is 0 Å². The third kappa shape index (κ3) is 7.86. The van der Waals surface area contributed by atoms with Crippen LogP contribution in [0.3, 0.4) is 0 Å². The second-order valence-corrected chi connectivity index (χ2v) is 12.0. The first kappa shape index (κ1) is 48.7. The second-order valence-electron chi connectivity index (χ2n) is 12.0. The molecule has 0 aliphatic heterocycles. The Morgan fingerprint density at radius 1 is 0.339 bits per heavy atom. The van der Waals surface area contributed by atoms with E-state index in [1.165, 1.54) is 29.1 Å². The van der Waals surface area contributed by atoms with Crippen LogP contribution in [0.2, 0.25) is 0 Å². The zero-order valence-corrected chi connectivity index (χ0v) is 28.5. The van der Waals surface area contributed by atoms with E-state index in [1.54, 1.807) is 6.07 Å². The quantitative estimate of drug-likeness (QED) is 0.0401. The van der Waals surface area contributed by atoms with Crippen LogP contribution in [0, 0.1) is 116 Å². The average Bonchev–Trinajstić information content (AvgIpc) is 3.20. The fourth-order valence-electron chi connectivity index (χ4n) is 6.02. The van der Waals surface area contributed by atoms with Gasteiger partial charge in [0.15, 0.2) is 88.7 Å². The molecule has 0 unspecified atom stereocenters. The van der Waals surface area contributed by atoms with Gasteiger partial charge in [-0.1, -0.05) is 6.07 Å². The van der Waals surface area contributed by atoms with Gasteiger partial charge >= 0.3 is 12.4 Å². The number of nitrogens with zero attached hydrogens (tertiary/aromatic N) is 1. The van der Waals surface area contributed by atoms with Crippen molar-refractivity contribution in [3.63, 3.8) is 0 Å². The highest BCUT2D eigenvalue weighted by Gasteiger charge is 2.53. The first-order valence-electron chi connectivity index (χ1n) is 15.4. The molecule has 1 nitrogen and oxygen atoms in total. The number of aromatic nitrogens is 1. The van der Waals surface area contributed by atoms with Gasteiger partial charge in [-0.3, -0.25) is 0 Å². The molecule has 0 amide bonds. The summed E-state index contributed by atoms with van der Waals surface area (Å²) in [6, 6.07) is 4.62. The van der Waals surface area contributed by atoms with E-state index in [4.69, 9.17) is 0 Å². The Labute approximate surface area is 324 Å². The fraction of sp³-hybridized carbons (Fsp3) is 0.0882. The summed E-state index contributed by atoms with van der Waals surface area (Å²) in [5.41, 5.74) is -16.8. The molecule has 0 N–H and O–H groups in total. The number of rotatable bonds is 6. The summed E-state index contributed by atoms with van der Waals surface area (Å²) >= 11 is 0. The van der Waals surface area contributed by atoms with Crippen molar-refractivity contribution in [3.05, 3.63) is 159 Å². The Morgan fingerprint density at radius 3 is 0.726 bits per heavy atom. The summed E-state index contributed by atoms with van der Waals surface area (Å²) in [5, 5.41) is 0. The summed E-state index contributed by atoms with van der Waals surface area (Å²) in [6.45, 7) is -0.491. The highest BCUT2D eigenvalue weighted by Crippen LogP contribution is 2.38. The lowest BCUT2D eigenvalue weighted by molar-refractivity contribution is -0.687. The Morgan fingerprint density at radius 2 is 0.532 bits per heavy atom. The summed E-state index contributed by atoms with van der Waals surface area (Å²) in [7, 11) is 0. The van der Waals surface area contributed by atoms with Crippen molar-refractivity contribution < 1.29 is 119 Å². The molecule has 0 saturated heterocycles. The monoisotopic (exact) mass is 935 g/mol. The highest BCUT2D eigenvalue weighted by molar-refractivity contribution is 7.20. The van der Waals surface area contributed by atoms with Gasteiger partial charge in [-0.15, -0.1) is 21.9 Å². The summed E-state index contributed by atoms with van der Waals surface area (Å²) < 4.78 is 368. The molecule has 4 aromatic carbocycles. The van der Waals surface area contributed by atoms with Gasteiger partial charge < -0.3 is 0 Å². The largest absolute Gasteiger partial charge is 0.421 e. The van der Waals surface area contributed by atoms with E-state index in [9.17, 15) is 79.0 Å². The topological polar surface area (TPSA) is 3.88 Å². The van der Waals surface area contributed by atoms with E-state index in [1.807, 2.05) is 0 Å². The first-order valence-corrected chi connectivity index (χ1v) is 15.4. The number of allylic oxidation sites excluding steroid dienone is 2. The molecule has 0 aliphatic carbocycles. The van der Waals surface area contributed by atoms with E-state index in [2.05, 4.69) is 0 Å². The molecule has 0 atom stereocenters. The zero-order valence-electron chi connectivity index (χ0n) is 28.5. The Kier molecular flexibility index (Phi) is 13.4. The van der Waals surface area contributed by atoms with Crippen molar-refractivity contribution >= 4 is 28.0 Å². The molecule has 28 heteroatoms. The summed E-state index contributed by atoms with van der Waals surface area (Å²) in [4.78, 5) is 0. The molecule has 1 heterocycles. The number of hydrogen-bond acceptors (Lipinski definition) is 0. The predicted molar refractivity (Wildman–Crippen MR) is 156 cm³/mol. The Balaban J connectivity index is 0.000000416. The SMILES string of the molecule is FC(F)(F)C(=CC[n+]1ccccc1)C(F)(F)F.Fc1c(F)c(F)c([B-](c2c(F)c(F)c(F)c(F)c2F)(c2c(F)c(F)c(F)c(F)c2F)c2c(F)c(F)c(F)c(F)c2F)c(F)c1F. The molecule has 0 saturated carbocycles. The van der Waals surface area contributed by atoms with Gasteiger partial charge in [-0.2, -0.15) is 26.3 Å². The molecule has 0 radical (unpaired) electrons. The van der Waals surface area contributed by atoms with Crippen molar-refractivity contribution in [2.24, 2.45) is 0 Å². The Hall–Kier alpha value is -5.99. The molecule has 334 valence electrons. The molecule has 0 fully saturated rings. The van der Waals surface area contributed by atoms with E-state index >= 15 is 35.1 Å². The molecule has 0 spiro atoms. The van der Waals surface area contributed by atoms with Crippen molar-refractivity contribution in [2.75, 3.05) is 0 Å². The van der Waals surface area contributed by atoms with Gasteiger partial charge in [-0.05, 0) is 6.08 Å². The van der Waals surface area contributed by atoms with E-state index in [-0.39, 0.29) is 6.08 Å². The number of hydrogen-bond donors (Lipinski definition) is 0. The molecule has 5 rings (SSSR count). The molecule has 0 aliphatic rings. The van der Waals surface area contributed by atoms with E-state index in [0.717, 1.165) is 0 Å². The minimum atomic E-state index is -7.22. The van der Waals surface area contributed by atoms with Gasteiger partial charge in [0, 0.05) is 12.1 Å². The molecule has 1 aromatic heterocycles. The third-order valence-corrected chi connectivity index (χ3v) is 8.60. The van der Waals surface area contributed by atoms with E-state index < -0.39 is 169 Å². The standard InChI is InChI=1S/C24BF20.C10H8F6N/c26-5-1(6(27)14(35)21(42)13(5)34)25(2-7(28)15(36)22(43)16(37)8(2)29,3-9(30)17(38)23(44)18(39)10(3)31)4-11(32)19(40)24(45)20(41)12(4)33;11-9(12,13)8(10(14,15)16)4-7-17-5-2-1-3-6-17/h;1-6H,7H2/q-1;+1. The van der Waals surface area contributed by atoms with Gasteiger partial charge in [0.05, 0.1) is 0 Å². The van der Waals surface area contributed by atoms with Crippen molar-refractivity contribution in [1.82, 2.24) is 0 Å². The van der Waals surface area contributed by atoms with Crippen molar-refractivity contribution in [2.45, 2.75) is 18.9 Å². The molecule has 5 aromatic rings. The van der Waals surface area contributed by atoms with Gasteiger partial charge in [0.25, 0.3) is 0 Å². The van der Waals surface area contributed by atoms with Gasteiger partial charge in [-0.25, -0.2) is 92.4 Å². The number of alkyl halides is 6. The molecular weight excluding hydrogens is 927 g/mol. The van der Waals surface area contributed by atoms with Crippen LogP contribution in [0.15, 0.2) is 42.2 Å². The lowest BCUT2D eigenvalue weighted by atomic mass is 9.12. The predicted octanol–water partition coefficient (Wildman–Crippen LogP) is 8.87. The van der Waals surface area contributed by atoms with Crippen LogP contribution in [0.1, 0.15) is 0 Å². The fourth-order valence-corrected chi connectivity index (χ4v) is 6.02. The van der Waals surface area contributed by atoms with Crippen LogP contribution < -0.4 is 26.4 Å². The maximum Gasteiger partial charge on any atom is 0.421 e. The minimum Gasteiger partial charge on any atom is -0.207 e. The van der Waals surface area contributed by atoms with Crippen LogP contribution >= 0.6 is 0 Å². The lowest BCUT2D eigenvalue weighted by Crippen LogP contribution is -2.81. The normalized spacial score (nSPS) is 12.1. The smallest absolute Gasteiger partial charge is 0.207 e. The Bertz CT molecular complexity index is 2220. The number of benzene rings is 4. The average molecular weight is 935 g/mol. The lowest BCUT2D eigenvalue weighted by Gasteiger charge is -2.44. The first-order chi connectivity index (χ1) is 28.4. The van der Waals surface area contributed by atoms with Crippen LogP contribution in [-0.2, 0) is 6.54 Å². The molecule has 62 heavy (non-hydrogen) atoms. The molecular formula is C34H8BF26N. The maximum absolute atomic E-state index is 15.4. The summed E-state index contributed by atoms with van der Waals surface area (Å²) in [5.74, 6) is -71.4. The highest BCUT2D eigenvalue weighted by atomic mass is 19.4. The zero-order chi connectivity index (χ0) is 47.5. The van der Waals surface area contributed by atoms with Crippen molar-refractivity contribution in [3.8, 4) is 0 Å². The van der Waals surface area contributed by atoms with Crippen LogP contribution in [-0.4, -0.2) is 18.5 Å². The van der Waals surface area contributed by atoms with Gasteiger partial charge in [0.1, 0.15) is 58.3 Å². The van der Waals surface area contributed by atoms with Crippen LogP contribution in [0.25, 0.3) is 0 Å². The van der Waals surface area contributed by atoms with Crippen LogP contribution in [0.5, 0.6) is 0 Å². The van der Waals surface area contributed by atoms with E-state index in [0.29, 0.717) is 0 Å². The summed E-state index contributed by atoms with van der Waals surface area (Å²) in [6.07, 6.45) is -15.1. The number of pyridine rings is 1. The maximum atomic E-state index is 15.4. The third-order valence-electron chi connectivity index (χ3n) is 8.60. The second kappa shape index (κ2) is 17.1.